The van der Waals surface area contributed by atoms with Crippen LogP contribution in [0.25, 0.3) is 0 Å². The Morgan fingerprint density at radius 3 is 2.42 bits per heavy atom. The summed E-state index contributed by atoms with van der Waals surface area (Å²) < 4.78 is 5.16. The van der Waals surface area contributed by atoms with Crippen LogP contribution < -0.4 is 10.1 Å². The molecule has 0 unspecified atom stereocenters. The molecule has 1 aromatic carbocycles. The molecule has 0 aliphatic heterocycles. The van der Waals surface area contributed by atoms with Gasteiger partial charge in [0.25, 0.3) is 0 Å². The second kappa shape index (κ2) is 8.66. The fraction of sp³-hybridized carbons (Fsp3) is 0.333. The van der Waals surface area contributed by atoms with Crippen molar-refractivity contribution in [2.45, 2.75) is 31.8 Å². The lowest BCUT2D eigenvalue weighted by Crippen LogP contribution is -2.14. The molecular weight excluding hydrogens is 354 g/mol. The SMILES string of the molecule is COc1cc(C(=O)O)ccc1NC(=O)CCc1c(C)nc(SC)nc1C. The molecule has 0 radical (unpaired) electrons. The Bertz CT molecular complexity index is 816. The lowest BCUT2D eigenvalue weighted by atomic mass is 10.1. The van der Waals surface area contributed by atoms with Crippen molar-refractivity contribution in [1.29, 1.82) is 0 Å². The maximum absolute atomic E-state index is 12.3. The number of ether oxygens (including phenoxy) is 1. The minimum absolute atomic E-state index is 0.0946. The number of aryl methyl sites for hydroxylation is 2. The van der Waals surface area contributed by atoms with Crippen LogP contribution in [0.3, 0.4) is 0 Å². The van der Waals surface area contributed by atoms with Gasteiger partial charge in [-0.15, -0.1) is 0 Å². The molecule has 0 aliphatic carbocycles. The number of carbonyl (C=O) groups is 2. The molecule has 8 heteroatoms. The number of carboxylic acids is 1. The number of aromatic carboxylic acids is 1. The number of hydrogen-bond donors (Lipinski definition) is 2. The van der Waals surface area contributed by atoms with Crippen molar-refractivity contribution in [3.05, 3.63) is 40.7 Å². The van der Waals surface area contributed by atoms with Crippen LogP contribution in [0.15, 0.2) is 23.4 Å². The standard InChI is InChI=1S/C18H21N3O4S/c1-10-13(11(2)20-18(19-10)26-4)6-8-16(22)21-14-7-5-12(17(23)24)9-15(14)25-3/h5,7,9H,6,8H2,1-4H3,(H,21,22)(H,23,24). The Labute approximate surface area is 156 Å². The van der Waals surface area contributed by atoms with E-state index in [1.54, 1.807) is 0 Å². The molecule has 0 fully saturated rings. The van der Waals surface area contributed by atoms with E-state index >= 15 is 0 Å². The normalized spacial score (nSPS) is 10.5. The van der Waals surface area contributed by atoms with Crippen LogP contribution in [0.2, 0.25) is 0 Å². The second-order valence-electron chi connectivity index (χ2n) is 5.63. The van der Waals surface area contributed by atoms with E-state index in [1.807, 2.05) is 20.1 Å². The predicted molar refractivity (Wildman–Crippen MR) is 100 cm³/mol. The van der Waals surface area contributed by atoms with Gasteiger partial charge in [-0.3, -0.25) is 4.79 Å². The fourth-order valence-corrected chi connectivity index (χ4v) is 3.00. The van der Waals surface area contributed by atoms with Gasteiger partial charge in [-0.05, 0) is 50.3 Å². The lowest BCUT2D eigenvalue weighted by Gasteiger charge is -2.12. The molecule has 1 amide bonds. The van der Waals surface area contributed by atoms with Gasteiger partial charge in [-0.1, -0.05) is 11.8 Å². The Morgan fingerprint density at radius 1 is 1.23 bits per heavy atom. The lowest BCUT2D eigenvalue weighted by molar-refractivity contribution is -0.116. The molecule has 1 aromatic heterocycles. The highest BCUT2D eigenvalue weighted by Gasteiger charge is 2.14. The van der Waals surface area contributed by atoms with Crippen LogP contribution >= 0.6 is 11.8 Å². The summed E-state index contributed by atoms with van der Waals surface area (Å²) in [6.45, 7) is 3.82. The average molecular weight is 375 g/mol. The Kier molecular flexibility index (Phi) is 6.57. The van der Waals surface area contributed by atoms with Crippen molar-refractivity contribution in [3.63, 3.8) is 0 Å². The van der Waals surface area contributed by atoms with Gasteiger partial charge in [-0.2, -0.15) is 0 Å². The number of benzene rings is 1. The molecule has 0 atom stereocenters. The van der Waals surface area contributed by atoms with Crippen molar-refractivity contribution in [3.8, 4) is 5.75 Å². The molecule has 0 saturated carbocycles. The minimum Gasteiger partial charge on any atom is -0.495 e. The smallest absolute Gasteiger partial charge is 0.335 e. The number of aromatic nitrogens is 2. The van der Waals surface area contributed by atoms with Crippen LogP contribution in [0.1, 0.15) is 33.7 Å². The zero-order valence-corrected chi connectivity index (χ0v) is 15.9. The van der Waals surface area contributed by atoms with Crippen molar-refractivity contribution in [2.75, 3.05) is 18.7 Å². The van der Waals surface area contributed by atoms with Crippen LogP contribution in [0, 0.1) is 13.8 Å². The Hall–Kier alpha value is -2.61. The summed E-state index contributed by atoms with van der Waals surface area (Å²) in [7, 11) is 1.42. The fourth-order valence-electron chi connectivity index (χ4n) is 2.54. The van der Waals surface area contributed by atoms with Gasteiger partial charge in [0.2, 0.25) is 5.91 Å². The zero-order chi connectivity index (χ0) is 19.3. The van der Waals surface area contributed by atoms with Gasteiger partial charge in [0, 0.05) is 17.8 Å². The third-order valence-corrected chi connectivity index (χ3v) is 4.46. The van der Waals surface area contributed by atoms with E-state index in [4.69, 9.17) is 9.84 Å². The number of carboxylic acid groups (broad SMARTS) is 1. The largest absolute Gasteiger partial charge is 0.495 e. The van der Waals surface area contributed by atoms with Gasteiger partial charge in [-0.25, -0.2) is 14.8 Å². The molecular formula is C18H21N3O4S. The molecule has 138 valence electrons. The molecule has 0 saturated heterocycles. The molecule has 7 nitrogen and oxygen atoms in total. The molecule has 0 bridgehead atoms. The molecule has 0 spiro atoms. The number of nitrogens with zero attached hydrogens (tertiary/aromatic N) is 2. The predicted octanol–water partition coefficient (Wildman–Crippen LogP) is 3.09. The van der Waals surface area contributed by atoms with E-state index in [9.17, 15) is 9.59 Å². The summed E-state index contributed by atoms with van der Waals surface area (Å²) in [5.74, 6) is -0.946. The summed E-state index contributed by atoms with van der Waals surface area (Å²) in [5, 5.41) is 12.5. The summed E-state index contributed by atoms with van der Waals surface area (Å²) in [4.78, 5) is 32.1. The summed E-state index contributed by atoms with van der Waals surface area (Å²) in [6.07, 6.45) is 2.70. The number of rotatable bonds is 7. The first-order valence-corrected chi connectivity index (χ1v) is 9.17. The quantitative estimate of drug-likeness (QED) is 0.566. The van der Waals surface area contributed by atoms with E-state index in [-0.39, 0.29) is 17.9 Å². The van der Waals surface area contributed by atoms with E-state index in [2.05, 4.69) is 15.3 Å². The topological polar surface area (TPSA) is 101 Å². The third kappa shape index (κ3) is 4.72. The first-order valence-electron chi connectivity index (χ1n) is 7.95. The maximum Gasteiger partial charge on any atom is 0.335 e. The van der Waals surface area contributed by atoms with Gasteiger partial charge < -0.3 is 15.2 Å². The van der Waals surface area contributed by atoms with Crippen LogP contribution in [0.5, 0.6) is 5.75 Å². The van der Waals surface area contributed by atoms with Gasteiger partial charge in [0.1, 0.15) is 5.75 Å². The molecule has 1 heterocycles. The molecule has 2 N–H and O–H groups in total. The number of anilines is 1. The van der Waals surface area contributed by atoms with Crippen molar-refractivity contribution in [1.82, 2.24) is 9.97 Å². The Balaban J connectivity index is 2.07. The summed E-state index contributed by atoms with van der Waals surface area (Å²) >= 11 is 1.48. The Morgan fingerprint density at radius 2 is 1.88 bits per heavy atom. The number of nitrogens with one attached hydrogen (secondary N) is 1. The van der Waals surface area contributed by atoms with Gasteiger partial charge in [0.05, 0.1) is 18.4 Å². The minimum atomic E-state index is -1.05. The third-order valence-electron chi connectivity index (χ3n) is 3.91. The van der Waals surface area contributed by atoms with Crippen molar-refractivity contribution < 1.29 is 19.4 Å². The maximum atomic E-state index is 12.3. The highest BCUT2D eigenvalue weighted by Crippen LogP contribution is 2.26. The zero-order valence-electron chi connectivity index (χ0n) is 15.1. The number of thioether (sulfide) groups is 1. The van der Waals surface area contributed by atoms with Crippen LogP contribution in [-0.2, 0) is 11.2 Å². The molecule has 2 aromatic rings. The van der Waals surface area contributed by atoms with E-state index in [0.717, 1.165) is 22.1 Å². The highest BCUT2D eigenvalue weighted by molar-refractivity contribution is 7.98. The van der Waals surface area contributed by atoms with E-state index < -0.39 is 5.97 Å². The first-order chi connectivity index (χ1) is 12.3. The van der Waals surface area contributed by atoms with Crippen molar-refractivity contribution in [2.24, 2.45) is 0 Å². The van der Waals surface area contributed by atoms with Gasteiger partial charge >= 0.3 is 5.97 Å². The van der Waals surface area contributed by atoms with Crippen LogP contribution in [0.4, 0.5) is 5.69 Å². The molecule has 26 heavy (non-hydrogen) atoms. The van der Waals surface area contributed by atoms with E-state index in [1.165, 1.54) is 37.1 Å². The van der Waals surface area contributed by atoms with Crippen molar-refractivity contribution >= 4 is 29.3 Å². The summed E-state index contributed by atoms with van der Waals surface area (Å²) in [6, 6.07) is 4.32. The average Bonchev–Trinajstić information content (AvgIpc) is 2.60. The number of methoxy groups -OCH3 is 1. The van der Waals surface area contributed by atoms with E-state index in [0.29, 0.717) is 17.9 Å². The number of carbonyl (C=O) groups excluding carboxylic acids is 1. The van der Waals surface area contributed by atoms with Crippen LogP contribution in [-0.4, -0.2) is 40.3 Å². The monoisotopic (exact) mass is 375 g/mol. The first kappa shape index (κ1) is 19.7. The summed E-state index contributed by atoms with van der Waals surface area (Å²) in [5.41, 5.74) is 3.24. The highest BCUT2D eigenvalue weighted by atomic mass is 32.2. The molecule has 2 rings (SSSR count). The number of amides is 1. The molecule has 0 aliphatic rings. The van der Waals surface area contributed by atoms with Gasteiger partial charge in [0.15, 0.2) is 5.16 Å². The second-order valence-corrected chi connectivity index (χ2v) is 6.40. The number of hydrogen-bond acceptors (Lipinski definition) is 6.